The lowest BCUT2D eigenvalue weighted by Gasteiger charge is -2.50. The van der Waals surface area contributed by atoms with Gasteiger partial charge in [-0.1, -0.05) is 43.2 Å². The summed E-state index contributed by atoms with van der Waals surface area (Å²) in [6, 6.07) is 21.8. The van der Waals surface area contributed by atoms with Crippen molar-refractivity contribution in [3.05, 3.63) is 83.9 Å². The van der Waals surface area contributed by atoms with Crippen molar-refractivity contribution in [1.82, 2.24) is 14.5 Å². The summed E-state index contributed by atoms with van der Waals surface area (Å²) in [5, 5.41) is 9.06. The van der Waals surface area contributed by atoms with Crippen molar-refractivity contribution in [2.75, 3.05) is 37.6 Å². The molecule has 2 aliphatic heterocycles. The monoisotopic (exact) mass is 507 g/mol. The second-order valence-corrected chi connectivity index (χ2v) is 12.0. The van der Waals surface area contributed by atoms with Gasteiger partial charge in [-0.25, -0.2) is 4.98 Å². The van der Waals surface area contributed by atoms with Gasteiger partial charge in [0.15, 0.2) is 0 Å². The first-order valence-electron chi connectivity index (χ1n) is 14.7. The number of aryl methyl sites for hydroxylation is 1. The molecule has 0 radical (unpaired) electrons. The highest BCUT2D eigenvalue weighted by atomic mass is 15.2. The van der Waals surface area contributed by atoms with Crippen LogP contribution in [0.3, 0.4) is 0 Å². The van der Waals surface area contributed by atoms with Crippen LogP contribution in [-0.2, 0) is 12.0 Å². The van der Waals surface area contributed by atoms with Gasteiger partial charge in [-0.15, -0.1) is 0 Å². The van der Waals surface area contributed by atoms with Crippen LogP contribution in [0.2, 0.25) is 0 Å². The van der Waals surface area contributed by atoms with Crippen LogP contribution in [0.5, 0.6) is 0 Å². The molecule has 3 heterocycles. The Hall–Kier alpha value is -3.10. The van der Waals surface area contributed by atoms with Gasteiger partial charge < -0.3 is 14.4 Å². The number of likely N-dealkylation sites (tertiary alicyclic amines) is 1. The average molecular weight is 508 g/mol. The topological polar surface area (TPSA) is 48.1 Å². The fourth-order valence-electron chi connectivity index (χ4n) is 7.84. The minimum Gasteiger partial charge on any atom is -0.371 e. The fraction of sp³-hybridized carbons (Fsp3) is 0.515. The largest absolute Gasteiger partial charge is 0.371 e. The van der Waals surface area contributed by atoms with E-state index in [1.165, 1.54) is 63.8 Å². The molecule has 6 rings (SSSR count). The first-order chi connectivity index (χ1) is 18.7. The van der Waals surface area contributed by atoms with Gasteiger partial charge in [0.25, 0.3) is 0 Å². The first-order valence-corrected chi connectivity index (χ1v) is 14.7. The Morgan fingerprint density at radius 1 is 0.921 bits per heavy atom. The summed E-state index contributed by atoms with van der Waals surface area (Å²) in [5.41, 5.74) is 3.72. The van der Waals surface area contributed by atoms with Gasteiger partial charge in [0, 0.05) is 55.6 Å². The Morgan fingerprint density at radius 2 is 1.61 bits per heavy atom. The SMILES string of the molecule is Cc1nccn1CC(c1ccccc1)(C1CCCC1)C1CCN(CC2CN(c3ccc(C#N)cc3)C2)CC1. The predicted molar refractivity (Wildman–Crippen MR) is 153 cm³/mol. The molecule has 5 heteroatoms. The van der Waals surface area contributed by atoms with Gasteiger partial charge in [0.2, 0.25) is 0 Å². The molecule has 2 saturated heterocycles. The highest BCUT2D eigenvalue weighted by molar-refractivity contribution is 5.51. The van der Waals surface area contributed by atoms with Crippen LogP contribution in [0.25, 0.3) is 0 Å². The third-order valence-corrected chi connectivity index (χ3v) is 9.90. The van der Waals surface area contributed by atoms with Crippen molar-refractivity contribution in [1.29, 1.82) is 5.26 Å². The van der Waals surface area contributed by atoms with Gasteiger partial charge in [-0.2, -0.15) is 5.26 Å². The van der Waals surface area contributed by atoms with E-state index in [0.29, 0.717) is 5.92 Å². The maximum absolute atomic E-state index is 9.06. The zero-order valence-corrected chi connectivity index (χ0v) is 22.8. The molecular weight excluding hydrogens is 466 g/mol. The standard InChI is InChI=1S/C33H41N5/c1-26-35-17-20-37(26)25-33(30-9-5-6-10-30,29-7-3-2-4-8-29)31-15-18-36(19-16-31)22-28-23-38(24-28)32-13-11-27(21-34)12-14-32/h2-4,7-8,11-14,17,20,28,30-31H,5-6,9-10,15-16,18-19,22-25H2,1H3. The molecule has 1 aromatic heterocycles. The molecule has 1 unspecified atom stereocenters. The number of aromatic nitrogens is 2. The van der Waals surface area contributed by atoms with Gasteiger partial charge in [-0.05, 0) is 87.4 Å². The summed E-state index contributed by atoms with van der Waals surface area (Å²) >= 11 is 0. The third-order valence-electron chi connectivity index (χ3n) is 9.90. The minimum atomic E-state index is 0.179. The first kappa shape index (κ1) is 25.2. The van der Waals surface area contributed by atoms with Crippen LogP contribution in [0.15, 0.2) is 67.0 Å². The Bertz CT molecular complexity index is 1220. The highest BCUT2D eigenvalue weighted by Crippen LogP contribution is 2.51. The molecule has 3 aliphatic rings. The van der Waals surface area contributed by atoms with E-state index in [-0.39, 0.29) is 5.41 Å². The van der Waals surface area contributed by atoms with Crippen LogP contribution < -0.4 is 4.90 Å². The zero-order valence-electron chi connectivity index (χ0n) is 22.8. The number of hydrogen-bond donors (Lipinski definition) is 0. The Kier molecular flexibility index (Phi) is 7.26. The van der Waals surface area contributed by atoms with Gasteiger partial charge in [0.1, 0.15) is 5.82 Å². The predicted octanol–water partition coefficient (Wildman–Crippen LogP) is 6.04. The zero-order chi connectivity index (χ0) is 26.0. The molecule has 1 aliphatic carbocycles. The highest BCUT2D eigenvalue weighted by Gasteiger charge is 2.48. The molecule has 0 N–H and O–H groups in total. The number of imidazole rings is 1. The van der Waals surface area contributed by atoms with E-state index in [1.54, 1.807) is 5.56 Å². The third kappa shape index (κ3) is 4.87. The second-order valence-electron chi connectivity index (χ2n) is 12.0. The van der Waals surface area contributed by atoms with E-state index in [9.17, 15) is 0 Å². The fourth-order valence-corrected chi connectivity index (χ4v) is 7.84. The average Bonchev–Trinajstić information content (AvgIpc) is 3.62. The van der Waals surface area contributed by atoms with Gasteiger partial charge in [0.05, 0.1) is 11.6 Å². The summed E-state index contributed by atoms with van der Waals surface area (Å²) < 4.78 is 2.43. The smallest absolute Gasteiger partial charge is 0.105 e. The van der Waals surface area contributed by atoms with E-state index in [2.05, 4.69) is 81.0 Å². The molecule has 2 aromatic carbocycles. The lowest BCUT2D eigenvalue weighted by atomic mass is 9.59. The van der Waals surface area contributed by atoms with Crippen LogP contribution >= 0.6 is 0 Å². The molecular formula is C33H41N5. The minimum absolute atomic E-state index is 0.179. The number of nitriles is 1. The van der Waals surface area contributed by atoms with E-state index in [0.717, 1.165) is 42.9 Å². The van der Waals surface area contributed by atoms with Gasteiger partial charge >= 0.3 is 0 Å². The van der Waals surface area contributed by atoms with E-state index in [1.807, 2.05) is 18.3 Å². The molecule has 3 fully saturated rings. The summed E-state index contributed by atoms with van der Waals surface area (Å²) in [4.78, 5) is 9.79. The molecule has 3 aromatic rings. The summed E-state index contributed by atoms with van der Waals surface area (Å²) in [7, 11) is 0. The lowest BCUT2D eigenvalue weighted by molar-refractivity contribution is 0.0642. The Labute approximate surface area is 228 Å². The van der Waals surface area contributed by atoms with Crippen molar-refractivity contribution < 1.29 is 0 Å². The van der Waals surface area contributed by atoms with Crippen LogP contribution in [-0.4, -0.2) is 47.2 Å². The molecule has 38 heavy (non-hydrogen) atoms. The number of piperidine rings is 1. The van der Waals surface area contributed by atoms with E-state index < -0.39 is 0 Å². The lowest BCUT2D eigenvalue weighted by Crippen LogP contribution is -2.54. The van der Waals surface area contributed by atoms with E-state index in [4.69, 9.17) is 5.26 Å². The number of rotatable bonds is 8. The van der Waals surface area contributed by atoms with Crippen molar-refractivity contribution in [2.24, 2.45) is 17.8 Å². The quantitative estimate of drug-likeness (QED) is 0.373. The van der Waals surface area contributed by atoms with Crippen LogP contribution in [0.1, 0.15) is 55.5 Å². The Balaban J connectivity index is 1.14. The van der Waals surface area contributed by atoms with Crippen LogP contribution in [0.4, 0.5) is 5.69 Å². The summed E-state index contributed by atoms with van der Waals surface area (Å²) in [6.45, 7) is 9.10. The molecule has 0 spiro atoms. The van der Waals surface area contributed by atoms with Crippen molar-refractivity contribution in [2.45, 2.75) is 57.4 Å². The van der Waals surface area contributed by atoms with Crippen molar-refractivity contribution >= 4 is 5.69 Å². The van der Waals surface area contributed by atoms with Crippen molar-refractivity contribution in [3.8, 4) is 6.07 Å². The van der Waals surface area contributed by atoms with Crippen LogP contribution in [0, 0.1) is 36.0 Å². The molecule has 1 saturated carbocycles. The Morgan fingerprint density at radius 3 is 2.24 bits per heavy atom. The molecule has 0 amide bonds. The number of hydrogen-bond acceptors (Lipinski definition) is 4. The maximum atomic E-state index is 9.06. The molecule has 0 bridgehead atoms. The molecule has 5 nitrogen and oxygen atoms in total. The number of benzene rings is 2. The summed E-state index contributed by atoms with van der Waals surface area (Å²) in [6.07, 6.45) is 12.2. The normalized spacial score (nSPS) is 21.2. The second kappa shape index (κ2) is 10.9. The van der Waals surface area contributed by atoms with Gasteiger partial charge in [-0.3, -0.25) is 0 Å². The number of anilines is 1. The van der Waals surface area contributed by atoms with Crippen molar-refractivity contribution in [3.63, 3.8) is 0 Å². The van der Waals surface area contributed by atoms with E-state index >= 15 is 0 Å². The maximum Gasteiger partial charge on any atom is 0.105 e. The summed E-state index contributed by atoms with van der Waals surface area (Å²) in [5.74, 6) is 3.32. The molecule has 198 valence electrons. The number of nitrogens with zero attached hydrogens (tertiary/aromatic N) is 5. The molecule has 1 atom stereocenters.